The molecule has 0 heterocycles. The van der Waals surface area contributed by atoms with E-state index in [2.05, 4.69) is 18.4 Å². The Hall–Kier alpha value is -1.31. The van der Waals surface area contributed by atoms with Crippen LogP contribution in [0.2, 0.25) is 0 Å². The van der Waals surface area contributed by atoms with Gasteiger partial charge in [-0.3, -0.25) is 7.05 Å². The summed E-state index contributed by atoms with van der Waals surface area (Å²) in [6.07, 6.45) is 0. The van der Waals surface area contributed by atoms with Crippen molar-refractivity contribution in [1.82, 2.24) is 0 Å². The van der Waals surface area contributed by atoms with E-state index in [0.29, 0.717) is 0 Å². The molecular weight excluding hydrogens is 388 g/mol. The molecule has 0 aliphatic heterocycles. The van der Waals surface area contributed by atoms with E-state index in [4.69, 9.17) is 0 Å². The van der Waals surface area contributed by atoms with Gasteiger partial charge in [-0.2, -0.15) is 24.3 Å². The summed E-state index contributed by atoms with van der Waals surface area (Å²) >= 11 is 0. The van der Waals surface area contributed by atoms with Crippen molar-refractivity contribution < 1.29 is 20.1 Å². The summed E-state index contributed by atoms with van der Waals surface area (Å²) in [7, 11) is 5.82. The summed E-state index contributed by atoms with van der Waals surface area (Å²) in [5, 5.41) is 3.32. The molecule has 0 amide bonds. The Morgan fingerprint density at radius 1 is 1.12 bits per heavy atom. The molecule has 0 bridgehead atoms. The molecule has 0 saturated carbocycles. The number of nitrogens with zero attached hydrogens (tertiary/aromatic N) is 1. The zero-order valence-electron chi connectivity index (χ0n) is 9.61. The number of anilines is 3. The maximum Gasteiger partial charge on any atom is 0.0578 e. The van der Waals surface area contributed by atoms with Crippen molar-refractivity contribution in [1.29, 1.82) is 0 Å². The molecule has 17 heavy (non-hydrogen) atoms. The minimum Gasteiger partial charge on any atom is -0.526 e. The molecule has 2 rings (SSSR count). The predicted molar refractivity (Wildman–Crippen MR) is 68.8 cm³/mol. The number of nitrogens with one attached hydrogen (secondary N) is 1. The van der Waals surface area contributed by atoms with Crippen molar-refractivity contribution >= 4 is 17.1 Å². The molecule has 0 aliphatic carbocycles. The molecule has 0 unspecified atom stereocenters. The van der Waals surface area contributed by atoms with Crippen LogP contribution in [0.15, 0.2) is 48.5 Å². The second-order valence-corrected chi connectivity index (χ2v) is 3.62. The zero-order valence-corrected chi connectivity index (χ0v) is 12.0. The van der Waals surface area contributed by atoms with E-state index >= 15 is 0 Å². The van der Waals surface area contributed by atoms with Crippen LogP contribution in [-0.4, -0.2) is 7.05 Å². The van der Waals surface area contributed by atoms with Crippen LogP contribution in [0, 0.1) is 13.1 Å². The van der Waals surface area contributed by atoms with E-state index in [0.717, 1.165) is 17.1 Å². The third kappa shape index (κ3) is 3.58. The standard InChI is InChI=1S/C14H14N2.Ir/c1-16(2)14-11-7-6-10-13(14)15-12-8-4-3-5-9-12;/h3-8,10-11,15H,1H2,2H3;/q-2;. The fourth-order valence-electron chi connectivity index (χ4n) is 1.53. The predicted octanol–water partition coefficient (Wildman–Crippen LogP) is 3.46. The van der Waals surface area contributed by atoms with Gasteiger partial charge in [0.25, 0.3) is 0 Å². The molecule has 91 valence electrons. The summed E-state index contributed by atoms with van der Waals surface area (Å²) < 4.78 is 0. The summed E-state index contributed by atoms with van der Waals surface area (Å²) in [5.41, 5.74) is 3.04. The number of para-hydroxylation sites is 3. The Labute approximate surface area is 116 Å². The average Bonchev–Trinajstić information content (AvgIpc) is 2.31. The first-order valence-electron chi connectivity index (χ1n) is 5.14. The maximum atomic E-state index is 3.89. The van der Waals surface area contributed by atoms with Crippen molar-refractivity contribution in [2.75, 3.05) is 17.3 Å². The van der Waals surface area contributed by atoms with E-state index in [1.54, 1.807) is 0 Å². The van der Waals surface area contributed by atoms with E-state index in [9.17, 15) is 0 Å². The SMILES string of the molecule is [CH2-]N(C)c1ccccc1Nc1[c-]cccc1.[Ir]. The van der Waals surface area contributed by atoms with Crippen molar-refractivity contribution in [2.45, 2.75) is 0 Å². The normalized spacial score (nSPS) is 9.29. The van der Waals surface area contributed by atoms with Gasteiger partial charge >= 0.3 is 0 Å². The molecule has 3 heteroatoms. The Balaban J connectivity index is 0.00000144. The first kappa shape index (κ1) is 13.8. The number of hydrogen-bond donors (Lipinski definition) is 1. The molecule has 1 N–H and O–H groups in total. The molecule has 0 fully saturated rings. The van der Waals surface area contributed by atoms with Crippen LogP contribution in [0.3, 0.4) is 0 Å². The monoisotopic (exact) mass is 403 g/mol. The molecule has 2 aromatic carbocycles. The minimum absolute atomic E-state index is 0. The van der Waals surface area contributed by atoms with Crippen LogP contribution >= 0.6 is 0 Å². The summed E-state index contributed by atoms with van der Waals surface area (Å²) in [5.74, 6) is 0. The first-order chi connectivity index (χ1) is 7.77. The molecule has 0 spiro atoms. The van der Waals surface area contributed by atoms with E-state index in [1.807, 2.05) is 60.5 Å². The van der Waals surface area contributed by atoms with Gasteiger partial charge in [-0.15, -0.1) is 6.07 Å². The quantitative estimate of drug-likeness (QED) is 0.791. The molecule has 0 saturated heterocycles. The van der Waals surface area contributed by atoms with E-state index in [1.165, 1.54) is 0 Å². The number of hydrogen-bond acceptors (Lipinski definition) is 2. The minimum atomic E-state index is 0. The largest absolute Gasteiger partial charge is 0.526 e. The van der Waals surface area contributed by atoms with Gasteiger partial charge in [-0.1, -0.05) is 17.8 Å². The Morgan fingerprint density at radius 3 is 2.47 bits per heavy atom. The summed E-state index contributed by atoms with van der Waals surface area (Å²) in [4.78, 5) is 1.84. The fraction of sp³-hybridized carbons (Fsp3) is 0.0714. The van der Waals surface area contributed by atoms with Crippen LogP contribution in [-0.2, 0) is 20.1 Å². The van der Waals surface area contributed by atoms with Crippen LogP contribution in [0.25, 0.3) is 0 Å². The van der Waals surface area contributed by atoms with Gasteiger partial charge in [0.15, 0.2) is 0 Å². The molecule has 0 aromatic heterocycles. The number of rotatable bonds is 3. The van der Waals surface area contributed by atoms with Gasteiger partial charge in [-0.25, -0.2) is 0 Å². The molecule has 2 aromatic rings. The van der Waals surface area contributed by atoms with Gasteiger partial charge in [0, 0.05) is 25.8 Å². The first-order valence-corrected chi connectivity index (χ1v) is 5.14. The Kier molecular flexibility index (Phi) is 5.20. The van der Waals surface area contributed by atoms with Gasteiger partial charge in [0.05, 0.1) is 5.69 Å². The average molecular weight is 402 g/mol. The third-order valence-electron chi connectivity index (χ3n) is 2.29. The topological polar surface area (TPSA) is 15.3 Å². The van der Waals surface area contributed by atoms with Crippen molar-refractivity contribution in [3.8, 4) is 0 Å². The fourth-order valence-corrected chi connectivity index (χ4v) is 1.53. The van der Waals surface area contributed by atoms with Gasteiger partial charge < -0.3 is 10.2 Å². The van der Waals surface area contributed by atoms with Crippen molar-refractivity contribution in [3.05, 3.63) is 61.6 Å². The van der Waals surface area contributed by atoms with E-state index in [-0.39, 0.29) is 20.1 Å². The van der Waals surface area contributed by atoms with Crippen LogP contribution in [0.1, 0.15) is 0 Å². The zero-order chi connectivity index (χ0) is 11.4. The van der Waals surface area contributed by atoms with E-state index < -0.39 is 0 Å². The molecular formula is C14H14IrN2-2. The Morgan fingerprint density at radius 2 is 1.82 bits per heavy atom. The van der Waals surface area contributed by atoms with Gasteiger partial charge in [0.2, 0.25) is 0 Å². The van der Waals surface area contributed by atoms with Crippen molar-refractivity contribution in [3.63, 3.8) is 0 Å². The molecule has 0 aliphatic rings. The second kappa shape index (κ2) is 6.43. The molecule has 2 nitrogen and oxygen atoms in total. The van der Waals surface area contributed by atoms with Gasteiger partial charge in [0.1, 0.15) is 0 Å². The smallest absolute Gasteiger partial charge is 0.0578 e. The van der Waals surface area contributed by atoms with Crippen LogP contribution in [0.5, 0.6) is 0 Å². The third-order valence-corrected chi connectivity index (χ3v) is 2.29. The van der Waals surface area contributed by atoms with Crippen LogP contribution in [0.4, 0.5) is 17.1 Å². The van der Waals surface area contributed by atoms with Crippen molar-refractivity contribution in [2.24, 2.45) is 0 Å². The van der Waals surface area contributed by atoms with Gasteiger partial charge in [-0.05, 0) is 19.2 Å². The second-order valence-electron chi connectivity index (χ2n) is 3.62. The summed E-state index contributed by atoms with van der Waals surface area (Å²) in [6.45, 7) is 0. The summed E-state index contributed by atoms with van der Waals surface area (Å²) in [6, 6.07) is 19.0. The Bertz CT molecular complexity index is 455. The maximum absolute atomic E-state index is 3.89. The molecule has 0 atom stereocenters. The number of benzene rings is 2. The molecule has 1 radical (unpaired) electrons. The van der Waals surface area contributed by atoms with Crippen LogP contribution < -0.4 is 10.2 Å².